The summed E-state index contributed by atoms with van der Waals surface area (Å²) in [6.07, 6.45) is 5.34. The molecule has 0 spiro atoms. The number of ether oxygens (including phenoxy) is 1. The van der Waals surface area contributed by atoms with Crippen molar-refractivity contribution >= 4 is 23.4 Å². The van der Waals surface area contributed by atoms with Crippen molar-refractivity contribution in [1.82, 2.24) is 10.6 Å². The number of methoxy groups -OCH3 is 1. The SMILES string of the molecule is COc1ccc(C)cc1N(C(=O)CNC(=O)c1ccco1)C(C(=O)NC1CCCC1)c1ccccc1. The molecule has 3 amide bonds. The molecule has 2 N–H and O–H groups in total. The molecule has 1 aliphatic carbocycles. The van der Waals surface area contributed by atoms with Crippen LogP contribution in [0.2, 0.25) is 0 Å². The number of furan rings is 1. The van der Waals surface area contributed by atoms with Crippen LogP contribution in [0.4, 0.5) is 5.69 Å². The highest BCUT2D eigenvalue weighted by Crippen LogP contribution is 2.36. The van der Waals surface area contributed by atoms with Crippen LogP contribution in [0, 0.1) is 6.92 Å². The van der Waals surface area contributed by atoms with Gasteiger partial charge >= 0.3 is 0 Å². The van der Waals surface area contributed by atoms with E-state index in [0.717, 1.165) is 31.2 Å². The molecule has 1 unspecified atom stereocenters. The van der Waals surface area contributed by atoms with Crippen LogP contribution >= 0.6 is 0 Å². The first-order valence-electron chi connectivity index (χ1n) is 12.1. The van der Waals surface area contributed by atoms with E-state index in [4.69, 9.17) is 9.15 Å². The van der Waals surface area contributed by atoms with E-state index in [1.54, 1.807) is 12.1 Å². The molecule has 1 heterocycles. The third-order valence-corrected chi connectivity index (χ3v) is 6.33. The highest BCUT2D eigenvalue weighted by molar-refractivity contribution is 6.05. The van der Waals surface area contributed by atoms with Gasteiger partial charge in [-0.2, -0.15) is 0 Å². The summed E-state index contributed by atoms with van der Waals surface area (Å²) in [7, 11) is 1.52. The van der Waals surface area contributed by atoms with Gasteiger partial charge in [-0.1, -0.05) is 49.2 Å². The lowest BCUT2D eigenvalue weighted by molar-refractivity contribution is -0.126. The van der Waals surface area contributed by atoms with E-state index >= 15 is 0 Å². The van der Waals surface area contributed by atoms with Gasteiger partial charge in [0.2, 0.25) is 11.8 Å². The molecule has 1 aromatic heterocycles. The average molecular weight is 490 g/mol. The number of rotatable bonds is 9. The zero-order valence-electron chi connectivity index (χ0n) is 20.5. The molecule has 0 bridgehead atoms. The van der Waals surface area contributed by atoms with Crippen molar-refractivity contribution < 1.29 is 23.5 Å². The predicted octanol–water partition coefficient (Wildman–Crippen LogP) is 4.16. The molecule has 8 nitrogen and oxygen atoms in total. The van der Waals surface area contributed by atoms with Gasteiger partial charge in [0, 0.05) is 6.04 Å². The predicted molar refractivity (Wildman–Crippen MR) is 136 cm³/mol. The molecule has 1 fully saturated rings. The van der Waals surface area contributed by atoms with Crippen LogP contribution in [0.5, 0.6) is 5.75 Å². The van der Waals surface area contributed by atoms with E-state index < -0.39 is 17.9 Å². The van der Waals surface area contributed by atoms with E-state index in [9.17, 15) is 14.4 Å². The zero-order valence-corrected chi connectivity index (χ0v) is 20.5. The molecule has 0 radical (unpaired) electrons. The van der Waals surface area contributed by atoms with Gasteiger partial charge in [0.05, 0.1) is 25.6 Å². The summed E-state index contributed by atoms with van der Waals surface area (Å²) in [5.41, 5.74) is 2.00. The Bertz CT molecular complexity index is 1190. The summed E-state index contributed by atoms with van der Waals surface area (Å²) >= 11 is 0. The van der Waals surface area contributed by atoms with Gasteiger partial charge in [0.25, 0.3) is 5.91 Å². The van der Waals surface area contributed by atoms with Gasteiger partial charge in [-0.25, -0.2) is 0 Å². The van der Waals surface area contributed by atoms with Crippen molar-refractivity contribution in [3.63, 3.8) is 0 Å². The molecule has 0 aliphatic heterocycles. The van der Waals surface area contributed by atoms with Crippen molar-refractivity contribution in [2.24, 2.45) is 0 Å². The van der Waals surface area contributed by atoms with Crippen LogP contribution in [-0.4, -0.2) is 37.4 Å². The number of amides is 3. The fourth-order valence-corrected chi connectivity index (χ4v) is 4.54. The number of hydrogen-bond acceptors (Lipinski definition) is 5. The number of nitrogens with one attached hydrogen (secondary N) is 2. The number of aryl methyl sites for hydroxylation is 1. The normalized spacial score (nSPS) is 14.2. The molecule has 8 heteroatoms. The van der Waals surface area contributed by atoms with E-state index in [2.05, 4.69) is 10.6 Å². The molecule has 3 aromatic rings. The lowest BCUT2D eigenvalue weighted by Gasteiger charge is -2.33. The van der Waals surface area contributed by atoms with Crippen LogP contribution in [0.25, 0.3) is 0 Å². The Labute approximate surface area is 210 Å². The van der Waals surface area contributed by atoms with E-state index in [0.29, 0.717) is 17.0 Å². The van der Waals surface area contributed by atoms with Crippen molar-refractivity contribution in [3.8, 4) is 5.75 Å². The van der Waals surface area contributed by atoms with Gasteiger partial charge in [0.15, 0.2) is 5.76 Å². The smallest absolute Gasteiger partial charge is 0.287 e. The number of nitrogens with zero attached hydrogens (tertiary/aromatic N) is 1. The van der Waals surface area contributed by atoms with E-state index in [-0.39, 0.29) is 24.3 Å². The maximum Gasteiger partial charge on any atom is 0.287 e. The number of benzene rings is 2. The van der Waals surface area contributed by atoms with Gasteiger partial charge in [-0.3, -0.25) is 19.3 Å². The first-order chi connectivity index (χ1) is 17.5. The van der Waals surface area contributed by atoms with Gasteiger partial charge in [-0.05, 0) is 55.2 Å². The largest absolute Gasteiger partial charge is 0.495 e. The Morgan fingerprint density at radius 1 is 1.06 bits per heavy atom. The summed E-state index contributed by atoms with van der Waals surface area (Å²) in [4.78, 5) is 41.5. The molecule has 4 rings (SSSR count). The first kappa shape index (κ1) is 25.0. The molecule has 188 valence electrons. The molecule has 1 saturated carbocycles. The minimum atomic E-state index is -0.962. The molecule has 36 heavy (non-hydrogen) atoms. The van der Waals surface area contributed by atoms with Crippen LogP contribution in [0.15, 0.2) is 71.3 Å². The van der Waals surface area contributed by atoms with Gasteiger partial charge < -0.3 is 19.8 Å². The summed E-state index contributed by atoms with van der Waals surface area (Å²) in [5, 5.41) is 5.76. The van der Waals surface area contributed by atoms with Crippen molar-refractivity contribution in [2.75, 3.05) is 18.6 Å². The third kappa shape index (κ3) is 5.76. The molecule has 1 aliphatic rings. The van der Waals surface area contributed by atoms with Crippen LogP contribution < -0.4 is 20.3 Å². The van der Waals surface area contributed by atoms with Gasteiger partial charge in [-0.15, -0.1) is 0 Å². The molecule has 0 saturated heterocycles. The molecule has 1 atom stereocenters. The summed E-state index contributed by atoms with van der Waals surface area (Å²) in [6.45, 7) is 1.57. The quantitative estimate of drug-likeness (QED) is 0.470. The molecule has 2 aromatic carbocycles. The van der Waals surface area contributed by atoms with Crippen molar-refractivity contribution in [3.05, 3.63) is 83.8 Å². The first-order valence-corrected chi connectivity index (χ1v) is 12.1. The Morgan fingerprint density at radius 2 is 1.81 bits per heavy atom. The zero-order chi connectivity index (χ0) is 25.5. The number of hydrogen-bond donors (Lipinski definition) is 2. The van der Waals surface area contributed by atoms with Crippen LogP contribution in [0.1, 0.15) is 53.4 Å². The van der Waals surface area contributed by atoms with Crippen molar-refractivity contribution in [1.29, 1.82) is 0 Å². The Hall–Kier alpha value is -4.07. The average Bonchev–Trinajstić information content (AvgIpc) is 3.61. The monoisotopic (exact) mass is 489 g/mol. The third-order valence-electron chi connectivity index (χ3n) is 6.33. The number of carbonyl (C=O) groups excluding carboxylic acids is 3. The topological polar surface area (TPSA) is 101 Å². The minimum absolute atomic E-state index is 0.0683. The number of anilines is 1. The van der Waals surface area contributed by atoms with Crippen molar-refractivity contribution in [2.45, 2.75) is 44.7 Å². The van der Waals surface area contributed by atoms with Crippen LogP contribution in [0.3, 0.4) is 0 Å². The maximum atomic E-state index is 13.8. The molecular formula is C28H31N3O5. The van der Waals surface area contributed by atoms with Crippen LogP contribution in [-0.2, 0) is 9.59 Å². The second kappa shape index (κ2) is 11.6. The number of carbonyl (C=O) groups is 3. The lowest BCUT2D eigenvalue weighted by atomic mass is 10.0. The van der Waals surface area contributed by atoms with E-state index in [1.165, 1.54) is 24.3 Å². The summed E-state index contributed by atoms with van der Waals surface area (Å²) in [6, 6.07) is 16.8. The highest BCUT2D eigenvalue weighted by atomic mass is 16.5. The summed E-state index contributed by atoms with van der Waals surface area (Å²) < 4.78 is 10.7. The van der Waals surface area contributed by atoms with Gasteiger partial charge in [0.1, 0.15) is 11.8 Å². The Morgan fingerprint density at radius 3 is 2.47 bits per heavy atom. The maximum absolute atomic E-state index is 13.8. The Kier molecular flexibility index (Phi) is 8.05. The second-order valence-electron chi connectivity index (χ2n) is 8.90. The highest BCUT2D eigenvalue weighted by Gasteiger charge is 2.35. The molecular weight excluding hydrogens is 458 g/mol. The standard InChI is InChI=1S/C28H31N3O5/c1-19-14-15-23(35-2)22(17-19)31(25(32)18-29-27(33)24-13-8-16-36-24)26(20-9-4-3-5-10-20)28(34)30-21-11-6-7-12-21/h3-5,8-10,13-17,21,26H,6-7,11-12,18H2,1-2H3,(H,29,33)(H,30,34). The Balaban J connectivity index is 1.73. The van der Waals surface area contributed by atoms with E-state index in [1.807, 2.05) is 49.4 Å². The lowest BCUT2D eigenvalue weighted by Crippen LogP contribution is -2.49. The fourth-order valence-electron chi connectivity index (χ4n) is 4.54. The fraction of sp³-hybridized carbons (Fsp3) is 0.321. The minimum Gasteiger partial charge on any atom is -0.495 e. The summed E-state index contributed by atoms with van der Waals surface area (Å²) in [5.74, 6) is -0.713. The second-order valence-corrected chi connectivity index (χ2v) is 8.90.